The minimum atomic E-state index is 0.297. The molecule has 1 aromatic carbocycles. The number of benzene rings is 1. The Balaban J connectivity index is 2.01. The van der Waals surface area contributed by atoms with E-state index >= 15 is 0 Å². The SMILES string of the molecule is C=CC[C@@H](NCc1ccccc1)c1ccncc1. The van der Waals surface area contributed by atoms with Gasteiger partial charge in [-0.25, -0.2) is 0 Å². The maximum Gasteiger partial charge on any atom is 0.0358 e. The van der Waals surface area contributed by atoms with Gasteiger partial charge in [0.15, 0.2) is 0 Å². The van der Waals surface area contributed by atoms with Crippen molar-refractivity contribution in [3.63, 3.8) is 0 Å². The van der Waals surface area contributed by atoms with Gasteiger partial charge in [0.1, 0.15) is 0 Å². The summed E-state index contributed by atoms with van der Waals surface area (Å²) in [6.45, 7) is 4.69. The molecule has 0 aliphatic carbocycles. The van der Waals surface area contributed by atoms with E-state index in [4.69, 9.17) is 0 Å². The van der Waals surface area contributed by atoms with Gasteiger partial charge in [0, 0.05) is 25.0 Å². The molecule has 0 bridgehead atoms. The van der Waals surface area contributed by atoms with Crippen molar-refractivity contribution in [3.05, 3.63) is 78.6 Å². The Morgan fingerprint density at radius 2 is 1.83 bits per heavy atom. The first-order valence-electron chi connectivity index (χ1n) is 6.18. The van der Waals surface area contributed by atoms with Crippen LogP contribution in [0, 0.1) is 0 Å². The summed E-state index contributed by atoms with van der Waals surface area (Å²) >= 11 is 0. The summed E-state index contributed by atoms with van der Waals surface area (Å²) in [5.41, 5.74) is 2.54. The maximum atomic E-state index is 4.05. The van der Waals surface area contributed by atoms with Crippen molar-refractivity contribution >= 4 is 0 Å². The molecule has 2 heteroatoms. The standard InChI is InChI=1S/C16H18N2/c1-2-6-16(15-9-11-17-12-10-15)18-13-14-7-4-3-5-8-14/h2-5,7-12,16,18H,1,6,13H2/t16-/m1/s1. The fourth-order valence-corrected chi connectivity index (χ4v) is 1.94. The maximum absolute atomic E-state index is 4.05. The molecular formula is C16H18N2. The van der Waals surface area contributed by atoms with Gasteiger partial charge in [-0.05, 0) is 29.7 Å². The van der Waals surface area contributed by atoms with Crippen molar-refractivity contribution < 1.29 is 0 Å². The summed E-state index contributed by atoms with van der Waals surface area (Å²) in [7, 11) is 0. The number of aromatic nitrogens is 1. The highest BCUT2D eigenvalue weighted by molar-refractivity contribution is 5.18. The van der Waals surface area contributed by atoms with Crippen LogP contribution in [0.25, 0.3) is 0 Å². The first-order chi connectivity index (χ1) is 8.90. The van der Waals surface area contributed by atoms with Crippen LogP contribution in [0.15, 0.2) is 67.5 Å². The molecular weight excluding hydrogens is 220 g/mol. The van der Waals surface area contributed by atoms with E-state index in [1.54, 1.807) is 0 Å². The van der Waals surface area contributed by atoms with Crippen molar-refractivity contribution in [1.82, 2.24) is 10.3 Å². The molecule has 0 aliphatic heterocycles. The van der Waals surface area contributed by atoms with Crippen LogP contribution < -0.4 is 5.32 Å². The Kier molecular flexibility index (Phi) is 4.68. The van der Waals surface area contributed by atoms with Gasteiger partial charge in [0.25, 0.3) is 0 Å². The molecule has 0 saturated heterocycles. The lowest BCUT2D eigenvalue weighted by Gasteiger charge is -2.17. The number of pyridine rings is 1. The highest BCUT2D eigenvalue weighted by Crippen LogP contribution is 2.16. The van der Waals surface area contributed by atoms with E-state index in [2.05, 4.69) is 41.1 Å². The van der Waals surface area contributed by atoms with E-state index in [9.17, 15) is 0 Å². The van der Waals surface area contributed by atoms with Gasteiger partial charge < -0.3 is 5.32 Å². The number of hydrogen-bond acceptors (Lipinski definition) is 2. The highest BCUT2D eigenvalue weighted by atomic mass is 14.9. The number of hydrogen-bond donors (Lipinski definition) is 1. The average molecular weight is 238 g/mol. The molecule has 0 aliphatic rings. The molecule has 1 atom stereocenters. The lowest BCUT2D eigenvalue weighted by Crippen LogP contribution is -2.20. The monoisotopic (exact) mass is 238 g/mol. The number of nitrogens with one attached hydrogen (secondary N) is 1. The Bertz CT molecular complexity index is 465. The van der Waals surface area contributed by atoms with Crippen LogP contribution >= 0.6 is 0 Å². The van der Waals surface area contributed by atoms with Crippen molar-refractivity contribution in [2.24, 2.45) is 0 Å². The molecule has 0 amide bonds. The molecule has 1 heterocycles. The molecule has 0 spiro atoms. The first-order valence-corrected chi connectivity index (χ1v) is 6.18. The van der Waals surface area contributed by atoms with Crippen LogP contribution in [0.3, 0.4) is 0 Å². The summed E-state index contributed by atoms with van der Waals surface area (Å²) in [5.74, 6) is 0. The van der Waals surface area contributed by atoms with Crippen LogP contribution in [-0.2, 0) is 6.54 Å². The molecule has 0 unspecified atom stereocenters. The normalized spacial score (nSPS) is 12.0. The summed E-state index contributed by atoms with van der Waals surface area (Å²) in [6.07, 6.45) is 6.52. The fraction of sp³-hybridized carbons (Fsp3) is 0.188. The third-order valence-corrected chi connectivity index (χ3v) is 2.91. The predicted molar refractivity (Wildman–Crippen MR) is 75.1 cm³/mol. The lowest BCUT2D eigenvalue weighted by molar-refractivity contribution is 0.538. The van der Waals surface area contributed by atoms with Gasteiger partial charge in [-0.1, -0.05) is 36.4 Å². The van der Waals surface area contributed by atoms with Crippen LogP contribution in [0.1, 0.15) is 23.6 Å². The highest BCUT2D eigenvalue weighted by Gasteiger charge is 2.08. The number of rotatable bonds is 6. The Labute approximate surface area is 108 Å². The van der Waals surface area contributed by atoms with Crippen molar-refractivity contribution in [2.45, 2.75) is 19.0 Å². The molecule has 18 heavy (non-hydrogen) atoms. The molecule has 2 aromatic rings. The first kappa shape index (κ1) is 12.5. The van der Waals surface area contributed by atoms with Crippen molar-refractivity contribution in [2.75, 3.05) is 0 Å². The molecule has 92 valence electrons. The third-order valence-electron chi connectivity index (χ3n) is 2.91. The van der Waals surface area contributed by atoms with E-state index in [1.165, 1.54) is 11.1 Å². The van der Waals surface area contributed by atoms with E-state index in [1.807, 2.05) is 36.7 Å². The van der Waals surface area contributed by atoms with Crippen molar-refractivity contribution in [3.8, 4) is 0 Å². The smallest absolute Gasteiger partial charge is 0.0358 e. The van der Waals surface area contributed by atoms with Crippen molar-refractivity contribution in [1.29, 1.82) is 0 Å². The lowest BCUT2D eigenvalue weighted by atomic mass is 10.0. The van der Waals surface area contributed by atoms with Crippen LogP contribution in [0.4, 0.5) is 0 Å². The van der Waals surface area contributed by atoms with Crippen LogP contribution in [0.5, 0.6) is 0 Å². The van der Waals surface area contributed by atoms with Crippen LogP contribution in [-0.4, -0.2) is 4.98 Å². The Morgan fingerprint density at radius 3 is 2.50 bits per heavy atom. The predicted octanol–water partition coefficient (Wildman–Crippen LogP) is 3.49. The second-order valence-electron chi connectivity index (χ2n) is 4.22. The zero-order chi connectivity index (χ0) is 12.6. The summed E-state index contributed by atoms with van der Waals surface area (Å²) < 4.78 is 0. The van der Waals surface area contributed by atoms with Gasteiger partial charge in [-0.3, -0.25) is 4.98 Å². The van der Waals surface area contributed by atoms with E-state index < -0.39 is 0 Å². The third kappa shape index (κ3) is 3.54. The topological polar surface area (TPSA) is 24.9 Å². The zero-order valence-corrected chi connectivity index (χ0v) is 10.4. The second-order valence-corrected chi connectivity index (χ2v) is 4.22. The summed E-state index contributed by atoms with van der Waals surface area (Å²) in [6, 6.07) is 14.8. The molecule has 1 N–H and O–H groups in total. The van der Waals surface area contributed by atoms with E-state index in [-0.39, 0.29) is 0 Å². The minimum absolute atomic E-state index is 0.297. The molecule has 2 rings (SSSR count). The van der Waals surface area contributed by atoms with Gasteiger partial charge in [-0.2, -0.15) is 0 Å². The molecule has 0 saturated carbocycles. The molecule has 0 radical (unpaired) electrons. The van der Waals surface area contributed by atoms with Gasteiger partial charge in [0.05, 0.1) is 0 Å². The second kappa shape index (κ2) is 6.72. The summed E-state index contributed by atoms with van der Waals surface area (Å²) in [4.78, 5) is 4.05. The van der Waals surface area contributed by atoms with E-state index in [0.29, 0.717) is 6.04 Å². The largest absolute Gasteiger partial charge is 0.306 e. The quantitative estimate of drug-likeness (QED) is 0.779. The zero-order valence-electron chi connectivity index (χ0n) is 10.4. The van der Waals surface area contributed by atoms with Gasteiger partial charge in [-0.15, -0.1) is 6.58 Å². The van der Waals surface area contributed by atoms with Gasteiger partial charge in [0.2, 0.25) is 0 Å². The van der Waals surface area contributed by atoms with Crippen LogP contribution in [0.2, 0.25) is 0 Å². The Morgan fingerprint density at radius 1 is 1.11 bits per heavy atom. The molecule has 2 nitrogen and oxygen atoms in total. The number of nitrogens with zero attached hydrogens (tertiary/aromatic N) is 1. The average Bonchev–Trinajstić information content (AvgIpc) is 2.45. The minimum Gasteiger partial charge on any atom is -0.306 e. The van der Waals surface area contributed by atoms with E-state index in [0.717, 1.165) is 13.0 Å². The summed E-state index contributed by atoms with van der Waals surface area (Å²) in [5, 5.41) is 3.55. The molecule has 1 aromatic heterocycles. The molecule has 0 fully saturated rings. The Hall–Kier alpha value is -1.93. The van der Waals surface area contributed by atoms with Gasteiger partial charge >= 0.3 is 0 Å². The fourth-order valence-electron chi connectivity index (χ4n) is 1.94.